The lowest BCUT2D eigenvalue weighted by Crippen LogP contribution is -2.39. The molecule has 4 rings (SSSR count). The third kappa shape index (κ3) is 2.17. The van der Waals surface area contributed by atoms with E-state index in [2.05, 4.69) is 15.6 Å². The summed E-state index contributed by atoms with van der Waals surface area (Å²) in [5.41, 5.74) is 1.22. The molecule has 2 fully saturated rings. The molecule has 1 aromatic rings. The molecular formula is C15H21N3OS. The molecule has 5 heteroatoms. The van der Waals surface area contributed by atoms with E-state index in [0.29, 0.717) is 5.92 Å². The largest absolute Gasteiger partial charge is 0.305 e. The number of carbonyl (C=O) groups excluding carboxylic acids is 1. The number of rotatable bonds is 2. The Morgan fingerprint density at radius 1 is 1.25 bits per heavy atom. The topological polar surface area (TPSA) is 54.0 Å². The van der Waals surface area contributed by atoms with Crippen molar-refractivity contribution in [2.45, 2.75) is 51.0 Å². The number of carbonyl (C=O) groups is 1. The van der Waals surface area contributed by atoms with Crippen LogP contribution in [0.15, 0.2) is 0 Å². The van der Waals surface area contributed by atoms with Gasteiger partial charge in [-0.2, -0.15) is 0 Å². The summed E-state index contributed by atoms with van der Waals surface area (Å²) in [6.45, 7) is 1.01. The van der Waals surface area contributed by atoms with Crippen molar-refractivity contribution in [3.63, 3.8) is 0 Å². The number of amides is 1. The van der Waals surface area contributed by atoms with Crippen molar-refractivity contribution in [1.82, 2.24) is 10.3 Å². The third-order valence-electron chi connectivity index (χ3n) is 5.10. The second-order valence-corrected chi connectivity index (χ2v) is 7.41. The minimum Gasteiger partial charge on any atom is -0.305 e. The lowest BCUT2D eigenvalue weighted by atomic mass is 9.94. The molecule has 1 aliphatic heterocycles. The highest BCUT2D eigenvalue weighted by molar-refractivity contribution is 7.15. The van der Waals surface area contributed by atoms with E-state index in [-0.39, 0.29) is 11.9 Å². The summed E-state index contributed by atoms with van der Waals surface area (Å²) in [4.78, 5) is 18.4. The predicted molar refractivity (Wildman–Crippen MR) is 80.0 cm³/mol. The van der Waals surface area contributed by atoms with Crippen molar-refractivity contribution in [2.24, 2.45) is 11.8 Å². The zero-order valence-corrected chi connectivity index (χ0v) is 12.5. The Hall–Kier alpha value is -0.940. The molecule has 0 radical (unpaired) electrons. The summed E-state index contributed by atoms with van der Waals surface area (Å²) < 4.78 is 0. The number of nitrogens with one attached hydrogen (secondary N) is 2. The first-order chi connectivity index (χ1) is 9.81. The molecular weight excluding hydrogens is 270 g/mol. The Balaban J connectivity index is 1.46. The van der Waals surface area contributed by atoms with Gasteiger partial charge in [0, 0.05) is 4.88 Å². The Morgan fingerprint density at radius 3 is 3.05 bits per heavy atom. The van der Waals surface area contributed by atoms with E-state index in [4.69, 9.17) is 0 Å². The molecule has 4 nitrogen and oxygen atoms in total. The maximum absolute atomic E-state index is 12.5. The fourth-order valence-corrected chi connectivity index (χ4v) is 5.12. The number of nitrogens with zero attached hydrogens (tertiary/aromatic N) is 1. The normalized spacial score (nSPS) is 31.9. The van der Waals surface area contributed by atoms with Gasteiger partial charge in [0.1, 0.15) is 0 Å². The first-order valence-corrected chi connectivity index (χ1v) is 8.66. The third-order valence-corrected chi connectivity index (χ3v) is 6.18. The molecule has 2 aliphatic carbocycles. The molecule has 0 bridgehead atoms. The van der Waals surface area contributed by atoms with Gasteiger partial charge in [-0.3, -0.25) is 4.79 Å². The Labute approximate surface area is 123 Å². The molecule has 2 N–H and O–H groups in total. The number of hydrogen-bond acceptors (Lipinski definition) is 4. The molecule has 20 heavy (non-hydrogen) atoms. The molecule has 0 aromatic carbocycles. The van der Waals surface area contributed by atoms with Gasteiger partial charge in [-0.25, -0.2) is 4.98 Å². The molecule has 3 aliphatic rings. The first kappa shape index (κ1) is 12.8. The van der Waals surface area contributed by atoms with E-state index in [0.717, 1.165) is 30.4 Å². The number of anilines is 1. The van der Waals surface area contributed by atoms with Gasteiger partial charge >= 0.3 is 0 Å². The van der Waals surface area contributed by atoms with Crippen LogP contribution in [0.2, 0.25) is 0 Å². The SMILES string of the molecule is O=C(Nc1nc2c(s1)CCCC2)C1NCC2CCCC21. The van der Waals surface area contributed by atoms with Gasteiger partial charge in [-0.15, -0.1) is 11.3 Å². The zero-order chi connectivity index (χ0) is 13.5. The van der Waals surface area contributed by atoms with Gasteiger partial charge in [-0.05, 0) is 56.9 Å². The summed E-state index contributed by atoms with van der Waals surface area (Å²) >= 11 is 1.68. The maximum atomic E-state index is 12.5. The molecule has 1 aromatic heterocycles. The molecule has 1 saturated heterocycles. The average molecular weight is 291 g/mol. The standard InChI is InChI=1S/C15H21N3OS/c19-14(13-10-5-3-4-9(10)8-16-13)18-15-17-11-6-1-2-7-12(11)20-15/h9-10,13,16H,1-8H2,(H,17,18,19). The quantitative estimate of drug-likeness (QED) is 0.879. The Kier molecular flexibility index (Phi) is 3.27. The Bertz CT molecular complexity index is 504. The average Bonchev–Trinajstić information content (AvgIpc) is 3.12. The van der Waals surface area contributed by atoms with Gasteiger partial charge in [0.25, 0.3) is 0 Å². The van der Waals surface area contributed by atoms with E-state index in [1.807, 2.05) is 0 Å². The van der Waals surface area contributed by atoms with E-state index in [1.165, 1.54) is 42.7 Å². The van der Waals surface area contributed by atoms with Crippen molar-refractivity contribution in [2.75, 3.05) is 11.9 Å². The van der Waals surface area contributed by atoms with E-state index >= 15 is 0 Å². The summed E-state index contributed by atoms with van der Waals surface area (Å²) in [7, 11) is 0. The second-order valence-electron chi connectivity index (χ2n) is 6.33. The molecule has 108 valence electrons. The monoisotopic (exact) mass is 291 g/mol. The molecule has 3 unspecified atom stereocenters. The van der Waals surface area contributed by atoms with Gasteiger partial charge in [0.15, 0.2) is 5.13 Å². The summed E-state index contributed by atoms with van der Waals surface area (Å²) in [5.74, 6) is 1.39. The number of aryl methyl sites for hydroxylation is 2. The van der Waals surface area contributed by atoms with Crippen LogP contribution >= 0.6 is 11.3 Å². The van der Waals surface area contributed by atoms with Gasteiger partial charge in [0.2, 0.25) is 5.91 Å². The minimum absolute atomic E-state index is 0.00317. The van der Waals surface area contributed by atoms with Crippen molar-refractivity contribution in [3.8, 4) is 0 Å². The van der Waals surface area contributed by atoms with Crippen LogP contribution in [0.3, 0.4) is 0 Å². The van der Waals surface area contributed by atoms with Crippen LogP contribution in [0.5, 0.6) is 0 Å². The van der Waals surface area contributed by atoms with E-state index in [9.17, 15) is 4.79 Å². The molecule has 1 saturated carbocycles. The van der Waals surface area contributed by atoms with Crippen LogP contribution in [0.4, 0.5) is 5.13 Å². The highest BCUT2D eigenvalue weighted by Gasteiger charge is 2.42. The number of fused-ring (bicyclic) bond motifs is 2. The highest BCUT2D eigenvalue weighted by atomic mass is 32.1. The number of thiazole rings is 1. The van der Waals surface area contributed by atoms with Crippen molar-refractivity contribution < 1.29 is 4.79 Å². The van der Waals surface area contributed by atoms with Gasteiger partial charge < -0.3 is 10.6 Å². The molecule has 2 heterocycles. The van der Waals surface area contributed by atoms with Crippen LogP contribution < -0.4 is 10.6 Å². The first-order valence-electron chi connectivity index (χ1n) is 7.84. The molecule has 3 atom stereocenters. The fraction of sp³-hybridized carbons (Fsp3) is 0.733. The second kappa shape index (κ2) is 5.11. The smallest absolute Gasteiger partial charge is 0.243 e. The lowest BCUT2D eigenvalue weighted by Gasteiger charge is -2.16. The maximum Gasteiger partial charge on any atom is 0.243 e. The number of aromatic nitrogens is 1. The van der Waals surface area contributed by atoms with Crippen LogP contribution in [0.25, 0.3) is 0 Å². The van der Waals surface area contributed by atoms with Crippen LogP contribution in [0.1, 0.15) is 42.7 Å². The molecule has 1 amide bonds. The van der Waals surface area contributed by atoms with Crippen LogP contribution in [0, 0.1) is 11.8 Å². The zero-order valence-electron chi connectivity index (χ0n) is 11.7. The summed E-state index contributed by atoms with van der Waals surface area (Å²) in [6, 6.07) is 0.00317. The van der Waals surface area contributed by atoms with Crippen LogP contribution in [-0.4, -0.2) is 23.5 Å². The summed E-state index contributed by atoms with van der Waals surface area (Å²) in [5, 5.41) is 7.28. The van der Waals surface area contributed by atoms with Crippen molar-refractivity contribution in [1.29, 1.82) is 0 Å². The molecule has 0 spiro atoms. The highest BCUT2D eigenvalue weighted by Crippen LogP contribution is 2.38. The summed E-state index contributed by atoms with van der Waals surface area (Å²) in [6.07, 6.45) is 8.47. The van der Waals surface area contributed by atoms with Gasteiger partial charge in [0.05, 0.1) is 11.7 Å². The van der Waals surface area contributed by atoms with Crippen molar-refractivity contribution >= 4 is 22.4 Å². The van der Waals surface area contributed by atoms with Gasteiger partial charge in [-0.1, -0.05) is 6.42 Å². The van der Waals surface area contributed by atoms with E-state index < -0.39 is 0 Å². The van der Waals surface area contributed by atoms with Crippen LogP contribution in [-0.2, 0) is 17.6 Å². The van der Waals surface area contributed by atoms with E-state index in [1.54, 1.807) is 11.3 Å². The Morgan fingerprint density at radius 2 is 2.15 bits per heavy atom. The number of hydrogen-bond donors (Lipinski definition) is 2. The fourth-order valence-electron chi connectivity index (χ4n) is 4.06. The predicted octanol–water partition coefficient (Wildman–Crippen LogP) is 2.35. The minimum atomic E-state index is 0.00317. The lowest BCUT2D eigenvalue weighted by molar-refractivity contribution is -0.118. The van der Waals surface area contributed by atoms with Crippen molar-refractivity contribution in [3.05, 3.63) is 10.6 Å².